The van der Waals surface area contributed by atoms with Gasteiger partial charge in [-0.15, -0.1) is 0 Å². The molecule has 3 heterocycles. The van der Waals surface area contributed by atoms with Gasteiger partial charge >= 0.3 is 0 Å². The number of aryl methyl sites for hydroxylation is 1. The molecule has 264 valence electrons. The lowest BCUT2D eigenvalue weighted by Crippen LogP contribution is -2.50. The van der Waals surface area contributed by atoms with Gasteiger partial charge < -0.3 is 30.3 Å². The Morgan fingerprint density at radius 1 is 0.959 bits per heavy atom. The van der Waals surface area contributed by atoms with Crippen molar-refractivity contribution in [1.29, 1.82) is 0 Å². The molecule has 2 amide bonds. The number of ether oxygens (including phenoxy) is 2. The third kappa shape index (κ3) is 9.76. The van der Waals surface area contributed by atoms with Gasteiger partial charge in [0.25, 0.3) is 0 Å². The number of para-hydroxylation sites is 1. The molecule has 2 aliphatic rings. The molecule has 3 aromatic rings. The molecule has 1 saturated heterocycles. The standard InChI is InChI=1S/C38H50N4O7/c1-3-28(43)21-27(23-35-40-31-12-11-24(2)20-34(31)49-35)38(46)42-36(25-13-17-47-18-14-25)32(44)22-26(8-6-7-16-39)37(45)41-30-15-19-48-33-10-5-4-9-29(30)33/h4-5,9-12,20,25-27,30,36H,3,6-8,13-19,21-23,39H2,1-2H3,(H,41,45)(H,42,46)/t26-,27+,30-,36+/m1/s1. The van der Waals surface area contributed by atoms with Gasteiger partial charge in [0.05, 0.1) is 24.6 Å². The molecule has 49 heavy (non-hydrogen) atoms. The Kier molecular flexibility index (Phi) is 13.0. The number of nitrogens with one attached hydrogen (secondary N) is 2. The van der Waals surface area contributed by atoms with Gasteiger partial charge in [0.15, 0.2) is 17.3 Å². The molecule has 0 bridgehead atoms. The van der Waals surface area contributed by atoms with E-state index in [2.05, 4.69) is 15.6 Å². The lowest BCUT2D eigenvalue weighted by Gasteiger charge is -2.32. The first-order chi connectivity index (χ1) is 23.7. The van der Waals surface area contributed by atoms with Crippen LogP contribution in [0.5, 0.6) is 5.75 Å². The zero-order chi connectivity index (χ0) is 34.8. The lowest BCUT2D eigenvalue weighted by atomic mass is 9.83. The van der Waals surface area contributed by atoms with Crippen LogP contribution in [0.15, 0.2) is 46.9 Å². The van der Waals surface area contributed by atoms with Crippen molar-refractivity contribution < 1.29 is 33.1 Å². The average Bonchev–Trinajstić information content (AvgIpc) is 3.51. The number of aromatic nitrogens is 1. The van der Waals surface area contributed by atoms with Crippen molar-refractivity contribution in [2.45, 2.75) is 90.1 Å². The predicted octanol–water partition coefficient (Wildman–Crippen LogP) is 4.92. The van der Waals surface area contributed by atoms with E-state index in [4.69, 9.17) is 19.6 Å². The summed E-state index contributed by atoms with van der Waals surface area (Å²) >= 11 is 0. The highest BCUT2D eigenvalue weighted by Crippen LogP contribution is 2.32. The summed E-state index contributed by atoms with van der Waals surface area (Å²) in [6.45, 7) is 5.67. The first-order valence-electron chi connectivity index (χ1n) is 17.8. The van der Waals surface area contributed by atoms with Gasteiger partial charge in [0.1, 0.15) is 17.0 Å². The summed E-state index contributed by atoms with van der Waals surface area (Å²) in [5.41, 5.74) is 9.02. The van der Waals surface area contributed by atoms with Crippen molar-refractivity contribution in [2.75, 3.05) is 26.4 Å². The number of amides is 2. The zero-order valence-corrected chi connectivity index (χ0v) is 28.7. The number of ketones is 2. The maximum absolute atomic E-state index is 14.2. The number of hydrogen-bond donors (Lipinski definition) is 3. The third-order valence-corrected chi connectivity index (χ3v) is 9.73. The monoisotopic (exact) mass is 674 g/mol. The maximum atomic E-state index is 14.2. The second-order valence-corrected chi connectivity index (χ2v) is 13.4. The van der Waals surface area contributed by atoms with Crippen molar-refractivity contribution in [3.63, 3.8) is 0 Å². The number of carbonyl (C=O) groups is 4. The molecular formula is C38H50N4O7. The van der Waals surface area contributed by atoms with Gasteiger partial charge in [-0.05, 0) is 68.8 Å². The summed E-state index contributed by atoms with van der Waals surface area (Å²) in [5.74, 6) is -1.25. The molecule has 1 fully saturated rings. The first kappa shape index (κ1) is 36.2. The Balaban J connectivity index is 1.34. The summed E-state index contributed by atoms with van der Waals surface area (Å²) in [6.07, 6.45) is 4.16. The number of nitrogens with two attached hydrogens (primary N) is 1. The number of carbonyl (C=O) groups excluding carboxylic acids is 4. The Morgan fingerprint density at radius 3 is 2.53 bits per heavy atom. The number of benzene rings is 2. The molecule has 0 saturated carbocycles. The molecular weight excluding hydrogens is 624 g/mol. The highest BCUT2D eigenvalue weighted by Gasteiger charge is 2.36. The summed E-state index contributed by atoms with van der Waals surface area (Å²) in [5, 5.41) is 6.24. The van der Waals surface area contributed by atoms with Gasteiger partial charge in [-0.25, -0.2) is 4.98 Å². The molecule has 0 radical (unpaired) electrons. The highest BCUT2D eigenvalue weighted by atomic mass is 16.5. The molecule has 5 rings (SSSR count). The molecule has 1 aromatic heterocycles. The SMILES string of the molecule is CCC(=O)C[C@@H](Cc1nc2ccc(C)cc2o1)C(=O)N[C@H](C(=O)C[C@@H](CCCCN)C(=O)N[C@@H]1CCOc2ccccc21)C1CCOCC1. The van der Waals surface area contributed by atoms with E-state index in [0.29, 0.717) is 75.5 Å². The minimum Gasteiger partial charge on any atom is -0.493 e. The van der Waals surface area contributed by atoms with Crippen LogP contribution in [0, 0.1) is 24.7 Å². The van der Waals surface area contributed by atoms with E-state index in [1.165, 1.54) is 0 Å². The highest BCUT2D eigenvalue weighted by molar-refractivity contribution is 5.94. The normalized spacial score (nSPS) is 18.1. The third-order valence-electron chi connectivity index (χ3n) is 9.73. The van der Waals surface area contributed by atoms with Gasteiger partial charge in [0.2, 0.25) is 11.8 Å². The fourth-order valence-corrected chi connectivity index (χ4v) is 6.85. The topological polar surface area (TPSA) is 163 Å². The lowest BCUT2D eigenvalue weighted by molar-refractivity contribution is -0.136. The van der Waals surface area contributed by atoms with Crippen LogP contribution in [0.25, 0.3) is 11.1 Å². The molecule has 0 aliphatic carbocycles. The minimum atomic E-state index is -0.824. The van der Waals surface area contributed by atoms with Gasteiger partial charge in [-0.2, -0.15) is 0 Å². The van der Waals surface area contributed by atoms with Crippen LogP contribution in [-0.2, 0) is 30.3 Å². The number of Topliss-reactive ketones (excluding diaryl/α,β-unsaturated/α-hetero) is 2. The van der Waals surface area contributed by atoms with Crippen molar-refractivity contribution in [2.24, 2.45) is 23.5 Å². The summed E-state index contributed by atoms with van der Waals surface area (Å²) in [4.78, 5) is 59.3. The van der Waals surface area contributed by atoms with E-state index >= 15 is 0 Å². The first-order valence-corrected chi connectivity index (χ1v) is 17.8. The fourth-order valence-electron chi connectivity index (χ4n) is 6.85. The van der Waals surface area contributed by atoms with Crippen molar-refractivity contribution in [1.82, 2.24) is 15.6 Å². The Labute approximate surface area is 288 Å². The number of fused-ring (bicyclic) bond motifs is 2. The molecule has 0 unspecified atom stereocenters. The predicted molar refractivity (Wildman–Crippen MR) is 185 cm³/mol. The molecule has 2 aliphatic heterocycles. The zero-order valence-electron chi connectivity index (χ0n) is 28.7. The van der Waals surface area contributed by atoms with Crippen LogP contribution >= 0.6 is 0 Å². The number of unbranched alkanes of at least 4 members (excludes halogenated alkanes) is 1. The average molecular weight is 675 g/mol. The van der Waals surface area contributed by atoms with E-state index in [9.17, 15) is 19.2 Å². The maximum Gasteiger partial charge on any atom is 0.224 e. The molecule has 11 heteroatoms. The summed E-state index contributed by atoms with van der Waals surface area (Å²) < 4.78 is 17.3. The molecule has 0 spiro atoms. The summed E-state index contributed by atoms with van der Waals surface area (Å²) in [6, 6.07) is 12.3. The Bertz CT molecular complexity index is 1600. The van der Waals surface area contributed by atoms with E-state index in [0.717, 1.165) is 23.3 Å². The Morgan fingerprint density at radius 2 is 1.76 bits per heavy atom. The largest absolute Gasteiger partial charge is 0.493 e. The van der Waals surface area contributed by atoms with Crippen LogP contribution in [0.3, 0.4) is 0 Å². The van der Waals surface area contributed by atoms with Crippen molar-refractivity contribution >= 4 is 34.5 Å². The number of rotatable bonds is 17. The summed E-state index contributed by atoms with van der Waals surface area (Å²) in [7, 11) is 0. The van der Waals surface area contributed by atoms with Crippen molar-refractivity contribution in [3.05, 3.63) is 59.5 Å². The van der Waals surface area contributed by atoms with Crippen LogP contribution in [-0.4, -0.2) is 60.8 Å². The van der Waals surface area contributed by atoms with Crippen LogP contribution < -0.4 is 21.1 Å². The second kappa shape index (κ2) is 17.5. The van der Waals surface area contributed by atoms with Crippen LogP contribution in [0.1, 0.15) is 87.8 Å². The van der Waals surface area contributed by atoms with Gasteiger partial charge in [-0.3, -0.25) is 19.2 Å². The van der Waals surface area contributed by atoms with Crippen LogP contribution in [0.4, 0.5) is 0 Å². The molecule has 4 N–H and O–H groups in total. The van der Waals surface area contributed by atoms with E-state index in [-0.39, 0.29) is 55.1 Å². The molecule has 11 nitrogen and oxygen atoms in total. The van der Waals surface area contributed by atoms with Crippen molar-refractivity contribution in [3.8, 4) is 5.75 Å². The number of oxazole rings is 1. The van der Waals surface area contributed by atoms with E-state index in [1.807, 2.05) is 49.4 Å². The molecule has 4 atom stereocenters. The van der Waals surface area contributed by atoms with E-state index in [1.54, 1.807) is 6.92 Å². The Hall–Kier alpha value is -4.09. The number of hydrogen-bond acceptors (Lipinski definition) is 9. The quantitative estimate of drug-likeness (QED) is 0.169. The smallest absolute Gasteiger partial charge is 0.224 e. The fraction of sp³-hybridized carbons (Fsp3) is 0.553. The minimum absolute atomic E-state index is 0.00543. The van der Waals surface area contributed by atoms with Crippen LogP contribution in [0.2, 0.25) is 0 Å². The second-order valence-electron chi connectivity index (χ2n) is 13.4. The molecule has 2 aromatic carbocycles. The van der Waals surface area contributed by atoms with Gasteiger partial charge in [0, 0.05) is 56.8 Å². The van der Waals surface area contributed by atoms with Gasteiger partial charge in [-0.1, -0.05) is 37.6 Å². The number of nitrogens with zero attached hydrogens (tertiary/aromatic N) is 1. The van der Waals surface area contributed by atoms with E-state index < -0.39 is 23.8 Å².